The van der Waals surface area contributed by atoms with Crippen LogP contribution in [0.2, 0.25) is 0 Å². The van der Waals surface area contributed by atoms with Gasteiger partial charge in [0.1, 0.15) is 7.85 Å². The molecule has 0 spiro atoms. The smallest absolute Gasteiger partial charge is 0.251 e. The van der Waals surface area contributed by atoms with Crippen molar-refractivity contribution in [2.75, 3.05) is 7.05 Å². The minimum absolute atomic E-state index is 0.0370. The summed E-state index contributed by atoms with van der Waals surface area (Å²) >= 11 is 0. The Kier molecular flexibility index (Phi) is 2.31. The van der Waals surface area contributed by atoms with Crippen molar-refractivity contribution in [3.63, 3.8) is 0 Å². The van der Waals surface area contributed by atoms with E-state index in [1.165, 1.54) is 0 Å². The SMILES string of the molecule is Bc1ccc(C(=O)NC)cc1. The Morgan fingerprint density at radius 1 is 1.36 bits per heavy atom. The molecule has 0 unspecified atom stereocenters. The third-order valence-electron chi connectivity index (χ3n) is 1.54. The monoisotopic (exact) mass is 147 g/mol. The second-order valence-electron chi connectivity index (χ2n) is 2.45. The van der Waals surface area contributed by atoms with Crippen LogP contribution in [0.15, 0.2) is 24.3 Å². The first-order valence-electron chi connectivity index (χ1n) is 3.53. The Morgan fingerprint density at radius 3 is 2.36 bits per heavy atom. The van der Waals surface area contributed by atoms with Crippen LogP contribution in [-0.2, 0) is 0 Å². The first kappa shape index (κ1) is 7.86. The zero-order valence-corrected chi connectivity index (χ0v) is 6.72. The molecule has 3 heteroatoms. The number of carbonyl (C=O) groups is 1. The molecular formula is C8H10BNO. The predicted octanol–water partition coefficient (Wildman–Crippen LogP) is -0.695. The molecule has 0 saturated carbocycles. The molecule has 0 bridgehead atoms. The average molecular weight is 147 g/mol. The van der Waals surface area contributed by atoms with Crippen molar-refractivity contribution in [3.05, 3.63) is 29.8 Å². The number of hydrogen-bond acceptors (Lipinski definition) is 1. The zero-order chi connectivity index (χ0) is 8.27. The van der Waals surface area contributed by atoms with Crippen LogP contribution in [0, 0.1) is 0 Å². The molecule has 0 radical (unpaired) electrons. The minimum Gasteiger partial charge on any atom is -0.355 e. The van der Waals surface area contributed by atoms with E-state index < -0.39 is 0 Å². The van der Waals surface area contributed by atoms with E-state index in [9.17, 15) is 4.79 Å². The van der Waals surface area contributed by atoms with Gasteiger partial charge in [0.05, 0.1) is 0 Å². The van der Waals surface area contributed by atoms with Crippen LogP contribution in [0.4, 0.5) is 0 Å². The molecule has 0 atom stereocenters. The number of rotatable bonds is 1. The highest BCUT2D eigenvalue weighted by Crippen LogP contribution is 1.94. The molecule has 1 N–H and O–H groups in total. The van der Waals surface area contributed by atoms with Gasteiger partial charge in [0.15, 0.2) is 0 Å². The summed E-state index contributed by atoms with van der Waals surface area (Å²) in [5.41, 5.74) is 1.87. The summed E-state index contributed by atoms with van der Waals surface area (Å²) in [6.07, 6.45) is 0. The molecule has 1 aromatic rings. The van der Waals surface area contributed by atoms with Crippen LogP contribution in [-0.4, -0.2) is 20.8 Å². The van der Waals surface area contributed by atoms with Crippen LogP contribution < -0.4 is 10.8 Å². The summed E-state index contributed by atoms with van der Waals surface area (Å²) in [4.78, 5) is 11.0. The van der Waals surface area contributed by atoms with E-state index in [1.807, 2.05) is 32.1 Å². The Hall–Kier alpha value is -1.25. The van der Waals surface area contributed by atoms with E-state index in [1.54, 1.807) is 7.05 Å². The standard InChI is InChI=1S/C8H10BNO/c1-10-8(11)6-2-4-7(9)5-3-6/h2-5H,9H2,1H3,(H,10,11). The van der Waals surface area contributed by atoms with E-state index in [0.29, 0.717) is 5.56 Å². The molecular weight excluding hydrogens is 137 g/mol. The van der Waals surface area contributed by atoms with E-state index in [0.717, 1.165) is 5.46 Å². The minimum atomic E-state index is -0.0370. The van der Waals surface area contributed by atoms with Crippen molar-refractivity contribution < 1.29 is 4.79 Å². The third kappa shape index (κ3) is 1.83. The van der Waals surface area contributed by atoms with Crippen molar-refractivity contribution in [1.82, 2.24) is 5.32 Å². The lowest BCUT2D eigenvalue weighted by Gasteiger charge is -1.98. The van der Waals surface area contributed by atoms with Gasteiger partial charge in [-0.1, -0.05) is 29.7 Å². The van der Waals surface area contributed by atoms with Gasteiger partial charge >= 0.3 is 0 Å². The summed E-state index contributed by atoms with van der Waals surface area (Å²) in [7, 11) is 3.62. The number of hydrogen-bond donors (Lipinski definition) is 1. The average Bonchev–Trinajstić information content (AvgIpc) is 2.05. The van der Waals surface area contributed by atoms with Crippen LogP contribution in [0.1, 0.15) is 10.4 Å². The predicted molar refractivity (Wildman–Crippen MR) is 48.0 cm³/mol. The Morgan fingerprint density at radius 2 is 1.91 bits per heavy atom. The third-order valence-corrected chi connectivity index (χ3v) is 1.54. The summed E-state index contributed by atoms with van der Waals surface area (Å²) in [5, 5.41) is 2.56. The highest BCUT2D eigenvalue weighted by atomic mass is 16.1. The molecule has 0 aromatic heterocycles. The molecule has 0 heterocycles. The summed E-state index contributed by atoms with van der Waals surface area (Å²) in [6, 6.07) is 7.47. The molecule has 0 saturated heterocycles. The van der Waals surface area contributed by atoms with Gasteiger partial charge in [-0.2, -0.15) is 0 Å². The van der Waals surface area contributed by atoms with E-state index in [2.05, 4.69) is 5.32 Å². The van der Waals surface area contributed by atoms with Gasteiger partial charge in [0.25, 0.3) is 5.91 Å². The second-order valence-corrected chi connectivity index (χ2v) is 2.45. The van der Waals surface area contributed by atoms with Gasteiger partial charge in [-0.25, -0.2) is 0 Å². The van der Waals surface area contributed by atoms with E-state index in [4.69, 9.17) is 0 Å². The maximum Gasteiger partial charge on any atom is 0.251 e. The molecule has 0 aliphatic rings. The van der Waals surface area contributed by atoms with Crippen molar-refractivity contribution in [2.24, 2.45) is 0 Å². The molecule has 0 aliphatic heterocycles. The van der Waals surface area contributed by atoms with Crippen LogP contribution in [0.5, 0.6) is 0 Å². The fourth-order valence-corrected chi connectivity index (χ4v) is 0.849. The topological polar surface area (TPSA) is 29.1 Å². The maximum atomic E-state index is 11.0. The van der Waals surface area contributed by atoms with Crippen molar-refractivity contribution in [1.29, 1.82) is 0 Å². The molecule has 1 aromatic carbocycles. The number of amides is 1. The summed E-state index contributed by atoms with van der Waals surface area (Å²) in [5.74, 6) is -0.0370. The fourth-order valence-electron chi connectivity index (χ4n) is 0.849. The Balaban J connectivity index is 2.90. The van der Waals surface area contributed by atoms with Crippen molar-refractivity contribution in [2.45, 2.75) is 0 Å². The van der Waals surface area contributed by atoms with Gasteiger partial charge in [-0.15, -0.1) is 0 Å². The van der Waals surface area contributed by atoms with Crippen LogP contribution in [0.3, 0.4) is 0 Å². The van der Waals surface area contributed by atoms with E-state index >= 15 is 0 Å². The van der Waals surface area contributed by atoms with Crippen molar-refractivity contribution >= 4 is 19.2 Å². The number of nitrogens with one attached hydrogen (secondary N) is 1. The highest BCUT2D eigenvalue weighted by Gasteiger charge is 1.99. The fraction of sp³-hybridized carbons (Fsp3) is 0.125. The highest BCUT2D eigenvalue weighted by molar-refractivity contribution is 6.32. The lowest BCUT2D eigenvalue weighted by molar-refractivity contribution is 0.0963. The largest absolute Gasteiger partial charge is 0.355 e. The molecule has 1 rings (SSSR count). The zero-order valence-electron chi connectivity index (χ0n) is 6.72. The molecule has 56 valence electrons. The van der Waals surface area contributed by atoms with Crippen LogP contribution >= 0.6 is 0 Å². The van der Waals surface area contributed by atoms with Gasteiger partial charge in [-0.3, -0.25) is 4.79 Å². The normalized spacial score (nSPS) is 9.18. The first-order valence-corrected chi connectivity index (χ1v) is 3.53. The lowest BCUT2D eigenvalue weighted by Crippen LogP contribution is -2.18. The quantitative estimate of drug-likeness (QED) is 0.523. The summed E-state index contributed by atoms with van der Waals surface area (Å²) < 4.78 is 0. The number of benzene rings is 1. The van der Waals surface area contributed by atoms with Gasteiger partial charge in [0.2, 0.25) is 0 Å². The van der Waals surface area contributed by atoms with E-state index in [-0.39, 0.29) is 5.91 Å². The lowest BCUT2D eigenvalue weighted by atomic mass is 9.95. The number of carbonyl (C=O) groups excluding carboxylic acids is 1. The second kappa shape index (κ2) is 3.24. The van der Waals surface area contributed by atoms with Gasteiger partial charge < -0.3 is 5.32 Å². The molecule has 1 amide bonds. The van der Waals surface area contributed by atoms with Gasteiger partial charge in [0, 0.05) is 12.6 Å². The molecule has 11 heavy (non-hydrogen) atoms. The Labute approximate surface area is 67.0 Å². The molecule has 2 nitrogen and oxygen atoms in total. The summed E-state index contributed by atoms with van der Waals surface area (Å²) in [6.45, 7) is 0. The van der Waals surface area contributed by atoms with Crippen molar-refractivity contribution in [3.8, 4) is 0 Å². The maximum absolute atomic E-state index is 11.0. The van der Waals surface area contributed by atoms with Crippen LogP contribution in [0.25, 0.3) is 0 Å². The first-order chi connectivity index (χ1) is 5.24. The Bertz CT molecular complexity index is 255. The van der Waals surface area contributed by atoms with Gasteiger partial charge in [-0.05, 0) is 0 Å². The molecule has 0 aliphatic carbocycles. The molecule has 0 fully saturated rings.